The molecule has 2 amide bonds. The van der Waals surface area contributed by atoms with Crippen LogP contribution < -0.4 is 10.1 Å². The van der Waals surface area contributed by atoms with Crippen molar-refractivity contribution in [3.05, 3.63) is 65.7 Å². The molecule has 3 unspecified atom stereocenters. The van der Waals surface area contributed by atoms with Crippen molar-refractivity contribution in [2.75, 3.05) is 32.5 Å². The molecule has 0 bridgehead atoms. The van der Waals surface area contributed by atoms with Gasteiger partial charge >= 0.3 is 0 Å². The number of ether oxygens (including phenoxy) is 1. The fourth-order valence-electron chi connectivity index (χ4n) is 4.47. The molecular weight excluding hydrogens is 458 g/mol. The lowest BCUT2D eigenvalue weighted by molar-refractivity contribution is -0.125. The van der Waals surface area contributed by atoms with Crippen molar-refractivity contribution in [3.8, 4) is 5.75 Å². The Morgan fingerprint density at radius 1 is 1.11 bits per heavy atom. The van der Waals surface area contributed by atoms with Gasteiger partial charge in [-0.15, -0.1) is 11.8 Å². The molecular formula is C28H39N3O3S. The molecule has 1 fully saturated rings. The molecule has 0 radical (unpaired) electrons. The molecule has 35 heavy (non-hydrogen) atoms. The summed E-state index contributed by atoms with van der Waals surface area (Å²) in [5, 5.41) is 3.09. The minimum absolute atomic E-state index is 0.0641. The highest BCUT2D eigenvalue weighted by Crippen LogP contribution is 2.33. The van der Waals surface area contributed by atoms with E-state index < -0.39 is 6.04 Å². The molecule has 190 valence electrons. The Bertz CT molecular complexity index is 934. The molecule has 1 saturated heterocycles. The van der Waals surface area contributed by atoms with Crippen LogP contribution in [0.25, 0.3) is 0 Å². The summed E-state index contributed by atoms with van der Waals surface area (Å²) in [5.41, 5.74) is 1.72. The Labute approximate surface area is 214 Å². The van der Waals surface area contributed by atoms with Gasteiger partial charge in [-0.05, 0) is 69.2 Å². The summed E-state index contributed by atoms with van der Waals surface area (Å²) >= 11 is 1.68. The number of carbonyl (C=O) groups is 2. The van der Waals surface area contributed by atoms with Crippen molar-refractivity contribution < 1.29 is 14.3 Å². The van der Waals surface area contributed by atoms with Gasteiger partial charge in [0.1, 0.15) is 11.8 Å². The topological polar surface area (TPSA) is 61.9 Å². The second kappa shape index (κ2) is 13.5. The van der Waals surface area contributed by atoms with Gasteiger partial charge in [0.15, 0.2) is 0 Å². The van der Waals surface area contributed by atoms with Crippen molar-refractivity contribution in [3.63, 3.8) is 0 Å². The van der Waals surface area contributed by atoms with Crippen molar-refractivity contribution in [1.29, 1.82) is 0 Å². The molecule has 3 atom stereocenters. The number of nitrogens with zero attached hydrogens (tertiary/aromatic N) is 2. The zero-order valence-electron chi connectivity index (χ0n) is 21.4. The number of nitrogens with one attached hydrogen (secondary N) is 1. The first-order valence-electron chi connectivity index (χ1n) is 12.6. The Morgan fingerprint density at radius 2 is 1.80 bits per heavy atom. The Balaban J connectivity index is 1.71. The second-order valence-corrected chi connectivity index (χ2v) is 10.2. The molecule has 0 aliphatic carbocycles. The molecule has 6 nitrogen and oxygen atoms in total. The summed E-state index contributed by atoms with van der Waals surface area (Å²) in [4.78, 5) is 31.2. The van der Waals surface area contributed by atoms with Gasteiger partial charge in [0.25, 0.3) is 5.91 Å². The highest BCUT2D eigenvalue weighted by atomic mass is 32.2. The van der Waals surface area contributed by atoms with E-state index in [0.717, 1.165) is 38.0 Å². The Morgan fingerprint density at radius 3 is 2.43 bits per heavy atom. The van der Waals surface area contributed by atoms with Crippen LogP contribution in [0.15, 0.2) is 54.6 Å². The van der Waals surface area contributed by atoms with E-state index in [-0.39, 0.29) is 23.2 Å². The van der Waals surface area contributed by atoms with Crippen LogP contribution >= 0.6 is 11.8 Å². The third-order valence-corrected chi connectivity index (χ3v) is 7.90. The summed E-state index contributed by atoms with van der Waals surface area (Å²) < 4.78 is 5.24. The standard InChI is InChI=1S/C28H39N3O3S/c1-5-30(6-2)18-10-11-21(3)29-27(32)25-20-35-26(19-22-12-8-7-9-13-22)31(25)28(33)23-14-16-24(34-4)17-15-23/h7-9,12-17,21,25-26H,5-6,10-11,18-20H2,1-4H3,(H,29,32). The lowest BCUT2D eigenvalue weighted by atomic mass is 10.1. The smallest absolute Gasteiger partial charge is 0.255 e. The molecule has 1 aliphatic rings. The van der Waals surface area contributed by atoms with Gasteiger partial charge < -0.3 is 19.9 Å². The number of hydrogen-bond acceptors (Lipinski definition) is 5. The van der Waals surface area contributed by atoms with Crippen LogP contribution in [0.3, 0.4) is 0 Å². The normalized spacial score (nSPS) is 18.5. The maximum atomic E-state index is 13.6. The van der Waals surface area contributed by atoms with Gasteiger partial charge in [-0.2, -0.15) is 0 Å². The van der Waals surface area contributed by atoms with Gasteiger partial charge in [0.2, 0.25) is 5.91 Å². The number of methoxy groups -OCH3 is 1. The molecule has 1 aliphatic heterocycles. The third kappa shape index (κ3) is 7.48. The van der Waals surface area contributed by atoms with Crippen molar-refractivity contribution in [2.45, 2.75) is 57.5 Å². The molecule has 1 heterocycles. The molecule has 1 N–H and O–H groups in total. The quantitative estimate of drug-likeness (QED) is 0.470. The SMILES string of the molecule is CCN(CC)CCCC(C)NC(=O)C1CSC(Cc2ccccc2)N1C(=O)c1ccc(OC)cc1. The minimum atomic E-state index is -0.492. The van der Waals surface area contributed by atoms with Crippen LogP contribution in [0, 0.1) is 0 Å². The summed E-state index contributed by atoms with van der Waals surface area (Å²) in [6.45, 7) is 9.52. The lowest BCUT2D eigenvalue weighted by Gasteiger charge is -2.30. The van der Waals surface area contributed by atoms with Gasteiger partial charge in [0, 0.05) is 23.8 Å². The predicted octanol–water partition coefficient (Wildman–Crippen LogP) is 4.45. The van der Waals surface area contributed by atoms with E-state index in [4.69, 9.17) is 4.74 Å². The molecule has 0 saturated carbocycles. The average molecular weight is 498 g/mol. The van der Waals surface area contributed by atoms with E-state index in [2.05, 4.69) is 43.1 Å². The van der Waals surface area contributed by atoms with Gasteiger partial charge in [0.05, 0.1) is 12.5 Å². The van der Waals surface area contributed by atoms with E-state index in [9.17, 15) is 9.59 Å². The highest BCUT2D eigenvalue weighted by molar-refractivity contribution is 8.00. The van der Waals surface area contributed by atoms with E-state index in [0.29, 0.717) is 23.5 Å². The zero-order valence-corrected chi connectivity index (χ0v) is 22.2. The molecule has 0 aromatic heterocycles. The zero-order chi connectivity index (χ0) is 25.2. The third-order valence-electron chi connectivity index (χ3n) is 6.61. The van der Waals surface area contributed by atoms with Gasteiger partial charge in [-0.1, -0.05) is 44.2 Å². The van der Waals surface area contributed by atoms with Crippen LogP contribution in [0.5, 0.6) is 5.75 Å². The van der Waals surface area contributed by atoms with Crippen LogP contribution in [0.2, 0.25) is 0 Å². The average Bonchev–Trinajstić information content (AvgIpc) is 3.30. The number of amides is 2. The number of rotatable bonds is 12. The monoisotopic (exact) mass is 497 g/mol. The fourth-order valence-corrected chi connectivity index (χ4v) is 5.90. The summed E-state index contributed by atoms with van der Waals surface area (Å²) in [5.74, 6) is 1.11. The van der Waals surface area contributed by atoms with E-state index in [1.807, 2.05) is 18.2 Å². The molecule has 0 spiro atoms. The summed E-state index contributed by atoms with van der Waals surface area (Å²) in [7, 11) is 1.60. The first-order chi connectivity index (χ1) is 17.0. The molecule has 2 aromatic carbocycles. The second-order valence-electron chi connectivity index (χ2n) is 9.01. The molecule has 3 rings (SSSR count). The van der Waals surface area contributed by atoms with Crippen molar-refractivity contribution in [1.82, 2.24) is 15.1 Å². The molecule has 2 aromatic rings. The van der Waals surface area contributed by atoms with Crippen LogP contribution in [-0.2, 0) is 11.2 Å². The number of thioether (sulfide) groups is 1. The van der Waals surface area contributed by atoms with Crippen LogP contribution in [0.4, 0.5) is 0 Å². The van der Waals surface area contributed by atoms with E-state index in [1.54, 1.807) is 48.0 Å². The Hall–Kier alpha value is -2.51. The maximum Gasteiger partial charge on any atom is 0.255 e. The van der Waals surface area contributed by atoms with Crippen molar-refractivity contribution >= 4 is 23.6 Å². The van der Waals surface area contributed by atoms with E-state index in [1.165, 1.54) is 0 Å². The van der Waals surface area contributed by atoms with Gasteiger partial charge in [-0.3, -0.25) is 9.59 Å². The highest BCUT2D eigenvalue weighted by Gasteiger charge is 2.42. The van der Waals surface area contributed by atoms with Crippen LogP contribution in [0.1, 0.15) is 49.5 Å². The lowest BCUT2D eigenvalue weighted by Crippen LogP contribution is -2.51. The largest absolute Gasteiger partial charge is 0.497 e. The number of carbonyl (C=O) groups excluding carboxylic acids is 2. The Kier molecular flexibility index (Phi) is 10.5. The summed E-state index contributed by atoms with van der Waals surface area (Å²) in [6.07, 6.45) is 2.66. The van der Waals surface area contributed by atoms with Crippen LogP contribution in [-0.4, -0.2) is 71.6 Å². The first-order valence-corrected chi connectivity index (χ1v) is 13.7. The van der Waals surface area contributed by atoms with Gasteiger partial charge in [-0.25, -0.2) is 0 Å². The molecule has 7 heteroatoms. The maximum absolute atomic E-state index is 13.6. The summed E-state index contributed by atoms with van der Waals surface area (Å²) in [6, 6.07) is 16.8. The predicted molar refractivity (Wildman–Crippen MR) is 144 cm³/mol. The minimum Gasteiger partial charge on any atom is -0.497 e. The first kappa shape index (κ1) is 27.1. The van der Waals surface area contributed by atoms with E-state index >= 15 is 0 Å². The number of benzene rings is 2. The fraction of sp³-hybridized carbons (Fsp3) is 0.500. The number of hydrogen-bond donors (Lipinski definition) is 1. The van der Waals surface area contributed by atoms with Crippen molar-refractivity contribution in [2.24, 2.45) is 0 Å².